The first-order valence-corrected chi connectivity index (χ1v) is 8.47. The van der Waals surface area contributed by atoms with Crippen molar-refractivity contribution in [3.8, 4) is 11.5 Å². The number of carbonyl (C=O) groups excluding carboxylic acids is 2. The van der Waals surface area contributed by atoms with Gasteiger partial charge in [-0.2, -0.15) is 0 Å². The summed E-state index contributed by atoms with van der Waals surface area (Å²) in [5.41, 5.74) is 5.66. The highest BCUT2D eigenvalue weighted by atomic mass is 16.5. The van der Waals surface area contributed by atoms with Gasteiger partial charge in [0.25, 0.3) is 5.91 Å². The highest BCUT2D eigenvalue weighted by Crippen LogP contribution is 2.25. The van der Waals surface area contributed by atoms with E-state index >= 15 is 0 Å². The fourth-order valence-electron chi connectivity index (χ4n) is 2.72. The maximum absolute atomic E-state index is 12.1. The van der Waals surface area contributed by atoms with E-state index in [0.717, 1.165) is 16.3 Å². The average molecular weight is 364 g/mol. The zero-order valence-corrected chi connectivity index (χ0v) is 14.9. The summed E-state index contributed by atoms with van der Waals surface area (Å²) in [7, 11) is 1.52. The highest BCUT2D eigenvalue weighted by Gasteiger charge is 2.10. The van der Waals surface area contributed by atoms with Crippen LogP contribution in [0.4, 0.5) is 0 Å². The highest BCUT2D eigenvalue weighted by molar-refractivity contribution is 5.91. The first-order chi connectivity index (χ1) is 13.2. The molecule has 0 aromatic heterocycles. The second-order valence-electron chi connectivity index (χ2n) is 5.85. The van der Waals surface area contributed by atoms with Crippen LogP contribution in [0.15, 0.2) is 66.7 Å². The molecule has 6 nitrogen and oxygen atoms in total. The molecule has 0 heterocycles. The van der Waals surface area contributed by atoms with E-state index in [1.807, 2.05) is 42.5 Å². The Morgan fingerprint density at radius 3 is 2.30 bits per heavy atom. The van der Waals surface area contributed by atoms with Gasteiger partial charge in [-0.15, -0.1) is 0 Å². The smallest absolute Gasteiger partial charge is 0.276 e. The predicted octanol–water partition coefficient (Wildman–Crippen LogP) is 2.62. The number of hydrazine groups is 1. The van der Waals surface area contributed by atoms with E-state index in [1.54, 1.807) is 24.3 Å². The lowest BCUT2D eigenvalue weighted by Gasteiger charge is -2.11. The average Bonchev–Trinajstić information content (AvgIpc) is 2.71. The SMILES string of the molecule is COc1ccccc1OCC(=O)NNC(=O)Cc1cccc2ccccc12. The predicted molar refractivity (Wildman–Crippen MR) is 102 cm³/mol. The van der Waals surface area contributed by atoms with Gasteiger partial charge in [0.15, 0.2) is 18.1 Å². The summed E-state index contributed by atoms with van der Waals surface area (Å²) in [6.45, 7) is -0.241. The Balaban J connectivity index is 1.50. The van der Waals surface area contributed by atoms with Gasteiger partial charge >= 0.3 is 0 Å². The van der Waals surface area contributed by atoms with Gasteiger partial charge in [0.05, 0.1) is 13.5 Å². The summed E-state index contributed by atoms with van der Waals surface area (Å²) >= 11 is 0. The van der Waals surface area contributed by atoms with Gasteiger partial charge in [-0.25, -0.2) is 0 Å². The number of rotatable bonds is 6. The Bertz CT molecular complexity index is 950. The molecular formula is C21H20N2O4. The minimum absolute atomic E-state index is 0.162. The van der Waals surface area contributed by atoms with Crippen molar-refractivity contribution in [1.82, 2.24) is 10.9 Å². The van der Waals surface area contributed by atoms with Crippen LogP contribution in [0, 0.1) is 0 Å². The number of fused-ring (bicyclic) bond motifs is 1. The third-order valence-electron chi connectivity index (χ3n) is 4.00. The first-order valence-electron chi connectivity index (χ1n) is 8.47. The number of amides is 2. The van der Waals surface area contributed by atoms with Crippen molar-refractivity contribution in [3.63, 3.8) is 0 Å². The normalized spacial score (nSPS) is 10.3. The van der Waals surface area contributed by atoms with Gasteiger partial charge < -0.3 is 9.47 Å². The Hall–Kier alpha value is -3.54. The minimum atomic E-state index is -0.466. The molecule has 3 aromatic rings. The van der Waals surface area contributed by atoms with Crippen LogP contribution in [-0.2, 0) is 16.0 Å². The van der Waals surface area contributed by atoms with Crippen LogP contribution in [0.5, 0.6) is 11.5 Å². The molecule has 0 aliphatic rings. The molecule has 0 unspecified atom stereocenters. The molecule has 0 radical (unpaired) electrons. The summed E-state index contributed by atoms with van der Waals surface area (Å²) in [6.07, 6.45) is 0.162. The fraction of sp³-hybridized carbons (Fsp3) is 0.143. The molecule has 0 atom stereocenters. The van der Waals surface area contributed by atoms with Crippen LogP contribution >= 0.6 is 0 Å². The monoisotopic (exact) mass is 364 g/mol. The van der Waals surface area contributed by atoms with Gasteiger partial charge in [0.2, 0.25) is 5.91 Å². The zero-order chi connectivity index (χ0) is 19.1. The fourth-order valence-corrected chi connectivity index (χ4v) is 2.72. The quantitative estimate of drug-likeness (QED) is 0.659. The molecule has 3 aromatic carbocycles. The molecule has 0 saturated carbocycles. The lowest BCUT2D eigenvalue weighted by Crippen LogP contribution is -2.44. The summed E-state index contributed by atoms with van der Waals surface area (Å²) < 4.78 is 10.6. The van der Waals surface area contributed by atoms with Gasteiger partial charge in [0, 0.05) is 0 Å². The summed E-state index contributed by atoms with van der Waals surface area (Å²) in [5.74, 6) is 0.215. The van der Waals surface area contributed by atoms with Crippen molar-refractivity contribution in [3.05, 3.63) is 72.3 Å². The Morgan fingerprint density at radius 1 is 0.815 bits per heavy atom. The number of carbonyl (C=O) groups is 2. The molecule has 0 aliphatic carbocycles. The Morgan fingerprint density at radius 2 is 1.48 bits per heavy atom. The third kappa shape index (κ3) is 4.76. The van der Waals surface area contributed by atoms with Gasteiger partial charge in [-0.05, 0) is 28.5 Å². The van der Waals surface area contributed by atoms with E-state index < -0.39 is 5.91 Å². The molecule has 0 spiro atoms. The van der Waals surface area contributed by atoms with E-state index in [9.17, 15) is 9.59 Å². The molecule has 2 amide bonds. The van der Waals surface area contributed by atoms with Crippen molar-refractivity contribution in [2.45, 2.75) is 6.42 Å². The third-order valence-corrected chi connectivity index (χ3v) is 4.00. The molecule has 138 valence electrons. The Labute approximate surface area is 157 Å². The largest absolute Gasteiger partial charge is 0.493 e. The van der Waals surface area contributed by atoms with Crippen LogP contribution in [0.3, 0.4) is 0 Å². The van der Waals surface area contributed by atoms with Crippen LogP contribution in [0.1, 0.15) is 5.56 Å². The second-order valence-corrected chi connectivity index (χ2v) is 5.85. The molecule has 0 bridgehead atoms. The second kappa shape index (κ2) is 8.71. The molecular weight excluding hydrogens is 344 g/mol. The summed E-state index contributed by atoms with van der Waals surface area (Å²) in [6, 6.07) is 20.7. The molecule has 0 aliphatic heterocycles. The molecule has 2 N–H and O–H groups in total. The van der Waals surface area contributed by atoms with Crippen molar-refractivity contribution in [1.29, 1.82) is 0 Å². The van der Waals surface area contributed by atoms with Crippen molar-refractivity contribution < 1.29 is 19.1 Å². The van der Waals surface area contributed by atoms with Crippen LogP contribution in [-0.4, -0.2) is 25.5 Å². The van der Waals surface area contributed by atoms with E-state index in [4.69, 9.17) is 9.47 Å². The van der Waals surface area contributed by atoms with Crippen molar-refractivity contribution in [2.75, 3.05) is 13.7 Å². The van der Waals surface area contributed by atoms with E-state index in [-0.39, 0.29) is 18.9 Å². The number of nitrogens with one attached hydrogen (secondary N) is 2. The minimum Gasteiger partial charge on any atom is -0.493 e. The number of ether oxygens (including phenoxy) is 2. The van der Waals surface area contributed by atoms with Crippen LogP contribution in [0.25, 0.3) is 10.8 Å². The standard InChI is InChI=1S/C21H20N2O4/c1-26-18-11-4-5-12-19(18)27-14-21(25)23-22-20(24)13-16-9-6-8-15-7-2-3-10-17(15)16/h2-12H,13-14H2,1H3,(H,22,24)(H,23,25). The van der Waals surface area contributed by atoms with E-state index in [2.05, 4.69) is 10.9 Å². The van der Waals surface area contributed by atoms with Gasteiger partial charge in [-0.1, -0.05) is 54.6 Å². The molecule has 0 saturated heterocycles. The van der Waals surface area contributed by atoms with Crippen molar-refractivity contribution in [2.24, 2.45) is 0 Å². The maximum Gasteiger partial charge on any atom is 0.276 e. The molecule has 3 rings (SSSR count). The van der Waals surface area contributed by atoms with E-state index in [1.165, 1.54) is 7.11 Å². The summed E-state index contributed by atoms with van der Waals surface area (Å²) in [5, 5.41) is 2.08. The molecule has 27 heavy (non-hydrogen) atoms. The summed E-state index contributed by atoms with van der Waals surface area (Å²) in [4.78, 5) is 24.0. The van der Waals surface area contributed by atoms with Gasteiger partial charge in [-0.3, -0.25) is 20.4 Å². The van der Waals surface area contributed by atoms with Crippen LogP contribution < -0.4 is 20.3 Å². The number of methoxy groups -OCH3 is 1. The first kappa shape index (κ1) is 18.3. The lowest BCUT2D eigenvalue weighted by molar-refractivity contribution is -0.129. The number of benzene rings is 3. The number of hydrogen-bond acceptors (Lipinski definition) is 4. The maximum atomic E-state index is 12.1. The number of para-hydroxylation sites is 2. The van der Waals surface area contributed by atoms with E-state index in [0.29, 0.717) is 11.5 Å². The molecule has 6 heteroatoms. The zero-order valence-electron chi connectivity index (χ0n) is 14.9. The van der Waals surface area contributed by atoms with Gasteiger partial charge in [0.1, 0.15) is 0 Å². The van der Waals surface area contributed by atoms with Crippen molar-refractivity contribution >= 4 is 22.6 Å². The Kier molecular flexibility index (Phi) is 5.89. The number of hydrogen-bond donors (Lipinski definition) is 2. The van der Waals surface area contributed by atoms with Crippen LogP contribution in [0.2, 0.25) is 0 Å². The topological polar surface area (TPSA) is 76.7 Å². The molecule has 0 fully saturated rings. The lowest BCUT2D eigenvalue weighted by atomic mass is 10.0.